The number of allylic oxidation sites excluding steroid dienone is 1. The Morgan fingerprint density at radius 1 is 0.500 bits per heavy atom. The number of carbonyl (C=O) groups is 1. The molecule has 0 aromatic heterocycles. The summed E-state index contributed by atoms with van der Waals surface area (Å²) in [5.74, 6) is 0.0112. The van der Waals surface area contributed by atoms with Crippen LogP contribution in [0.3, 0.4) is 0 Å². The molecule has 0 fully saturated rings. The molecule has 0 unspecified atom stereocenters. The lowest BCUT2D eigenvalue weighted by atomic mass is 9.95. The van der Waals surface area contributed by atoms with Crippen LogP contribution in [0.5, 0.6) is 0 Å². The molecule has 6 aromatic carbocycles. The Hall–Kier alpha value is -4.23. The number of rotatable bonds is 3. The van der Waals surface area contributed by atoms with Gasteiger partial charge in [0.25, 0.3) is 0 Å². The molecule has 0 aliphatic heterocycles. The van der Waals surface area contributed by atoms with Gasteiger partial charge >= 0.3 is 0 Å². The molecule has 0 atom stereocenters. The average Bonchev–Trinajstić information content (AvgIpc) is 2.86. The van der Waals surface area contributed by atoms with Gasteiger partial charge in [-0.1, -0.05) is 97.1 Å². The van der Waals surface area contributed by atoms with Crippen LogP contribution in [0, 0.1) is 0 Å². The summed E-state index contributed by atoms with van der Waals surface area (Å²) in [7, 11) is 0. The summed E-state index contributed by atoms with van der Waals surface area (Å²) in [5, 5.41) is 9.33. The van der Waals surface area contributed by atoms with Gasteiger partial charge in [0.15, 0.2) is 5.78 Å². The van der Waals surface area contributed by atoms with Gasteiger partial charge in [0.2, 0.25) is 0 Å². The minimum Gasteiger partial charge on any atom is -0.289 e. The molecular formula is C31H20O. The monoisotopic (exact) mass is 408 g/mol. The van der Waals surface area contributed by atoms with Gasteiger partial charge in [0.05, 0.1) is 0 Å². The second-order valence-electron chi connectivity index (χ2n) is 8.15. The third-order valence-corrected chi connectivity index (χ3v) is 6.24. The molecule has 0 spiro atoms. The molecule has 32 heavy (non-hydrogen) atoms. The number of fused-ring (bicyclic) bond motifs is 5. The fourth-order valence-corrected chi connectivity index (χ4v) is 4.65. The molecule has 6 aromatic rings. The van der Waals surface area contributed by atoms with Crippen LogP contribution >= 0.6 is 0 Å². The van der Waals surface area contributed by atoms with Crippen molar-refractivity contribution in [3.63, 3.8) is 0 Å². The summed E-state index contributed by atoms with van der Waals surface area (Å²) in [5.41, 5.74) is 1.78. The zero-order chi connectivity index (χ0) is 21.5. The summed E-state index contributed by atoms with van der Waals surface area (Å²) >= 11 is 0. The highest BCUT2D eigenvalue weighted by molar-refractivity contribution is 6.14. The molecule has 0 bridgehead atoms. The Kier molecular flexibility index (Phi) is 4.33. The van der Waals surface area contributed by atoms with Crippen LogP contribution in [-0.2, 0) is 0 Å². The Labute approximate surface area is 186 Å². The minimum absolute atomic E-state index is 0.0112. The Balaban J connectivity index is 1.44. The van der Waals surface area contributed by atoms with Crippen LogP contribution in [0.2, 0.25) is 0 Å². The van der Waals surface area contributed by atoms with Crippen LogP contribution in [0.4, 0.5) is 0 Å². The van der Waals surface area contributed by atoms with E-state index in [0.717, 1.165) is 21.7 Å². The first-order chi connectivity index (χ1) is 15.8. The van der Waals surface area contributed by atoms with E-state index in [9.17, 15) is 4.79 Å². The number of ketones is 1. The molecule has 0 saturated heterocycles. The number of hydrogen-bond acceptors (Lipinski definition) is 1. The molecule has 150 valence electrons. The molecule has 0 heterocycles. The van der Waals surface area contributed by atoms with E-state index in [2.05, 4.69) is 78.9 Å². The highest BCUT2D eigenvalue weighted by Gasteiger charge is 2.08. The van der Waals surface area contributed by atoms with Crippen molar-refractivity contribution in [2.75, 3.05) is 0 Å². The van der Waals surface area contributed by atoms with Crippen LogP contribution in [0.15, 0.2) is 115 Å². The number of benzene rings is 6. The van der Waals surface area contributed by atoms with Gasteiger partial charge in [-0.05, 0) is 72.9 Å². The van der Waals surface area contributed by atoms with Crippen molar-refractivity contribution >= 4 is 54.9 Å². The zero-order valence-corrected chi connectivity index (χ0v) is 17.5. The van der Waals surface area contributed by atoms with Crippen LogP contribution in [0.25, 0.3) is 49.2 Å². The van der Waals surface area contributed by atoms with E-state index < -0.39 is 0 Å². The van der Waals surface area contributed by atoms with Crippen molar-refractivity contribution in [1.82, 2.24) is 0 Å². The lowest BCUT2D eigenvalue weighted by molar-refractivity contribution is 0.104. The van der Waals surface area contributed by atoms with Gasteiger partial charge < -0.3 is 0 Å². The summed E-state index contributed by atoms with van der Waals surface area (Å²) < 4.78 is 0. The molecule has 0 N–H and O–H groups in total. The first-order valence-electron chi connectivity index (χ1n) is 10.8. The van der Waals surface area contributed by atoms with Gasteiger partial charge in [-0.3, -0.25) is 4.79 Å². The summed E-state index contributed by atoms with van der Waals surface area (Å²) in [4.78, 5) is 13.1. The smallest absolute Gasteiger partial charge is 0.185 e. The molecule has 1 nitrogen and oxygen atoms in total. The number of carbonyl (C=O) groups excluding carboxylic acids is 1. The SMILES string of the molecule is O=C(C=Cc1c2ccccc2cc2ccccc12)c1ccc2c(ccc3ccccc32)c1. The number of hydrogen-bond donors (Lipinski definition) is 0. The average molecular weight is 409 g/mol. The molecule has 0 amide bonds. The van der Waals surface area contributed by atoms with Crippen molar-refractivity contribution in [2.24, 2.45) is 0 Å². The second-order valence-corrected chi connectivity index (χ2v) is 8.15. The van der Waals surface area contributed by atoms with Gasteiger partial charge in [-0.2, -0.15) is 0 Å². The van der Waals surface area contributed by atoms with Crippen molar-refractivity contribution in [2.45, 2.75) is 0 Å². The zero-order valence-electron chi connectivity index (χ0n) is 17.5. The predicted molar refractivity (Wildman–Crippen MR) is 136 cm³/mol. The fourth-order valence-electron chi connectivity index (χ4n) is 4.65. The lowest BCUT2D eigenvalue weighted by Gasteiger charge is -2.08. The van der Waals surface area contributed by atoms with Crippen molar-refractivity contribution in [3.8, 4) is 0 Å². The minimum atomic E-state index is 0.0112. The molecule has 0 aliphatic carbocycles. The predicted octanol–water partition coefficient (Wildman–Crippen LogP) is 8.20. The Bertz CT molecular complexity index is 1630. The second kappa shape index (κ2) is 7.47. The fraction of sp³-hybridized carbons (Fsp3) is 0. The van der Waals surface area contributed by atoms with Gasteiger partial charge in [0.1, 0.15) is 0 Å². The van der Waals surface area contributed by atoms with Crippen molar-refractivity contribution in [1.29, 1.82) is 0 Å². The van der Waals surface area contributed by atoms with Crippen LogP contribution in [-0.4, -0.2) is 5.78 Å². The maximum atomic E-state index is 13.1. The molecule has 1 heteroatoms. The molecule has 0 radical (unpaired) electrons. The standard InChI is InChI=1S/C31H20O/c32-31(25-15-16-29-24(20-25)14-13-21-7-1-4-10-26(21)29)18-17-30-27-11-5-2-8-22(27)19-23-9-3-6-12-28(23)30/h1-20H. The molecular weight excluding hydrogens is 388 g/mol. The summed E-state index contributed by atoms with van der Waals surface area (Å²) in [6, 6.07) is 37.4. The third kappa shape index (κ3) is 3.07. The van der Waals surface area contributed by atoms with E-state index in [1.54, 1.807) is 6.08 Å². The van der Waals surface area contributed by atoms with E-state index in [-0.39, 0.29) is 5.78 Å². The quantitative estimate of drug-likeness (QED) is 0.125. The molecule has 0 saturated carbocycles. The van der Waals surface area contributed by atoms with E-state index in [4.69, 9.17) is 0 Å². The summed E-state index contributed by atoms with van der Waals surface area (Å²) in [6.07, 6.45) is 3.67. The van der Waals surface area contributed by atoms with E-state index >= 15 is 0 Å². The van der Waals surface area contributed by atoms with E-state index in [1.807, 2.05) is 36.4 Å². The van der Waals surface area contributed by atoms with E-state index in [0.29, 0.717) is 5.56 Å². The summed E-state index contributed by atoms with van der Waals surface area (Å²) in [6.45, 7) is 0. The van der Waals surface area contributed by atoms with Crippen molar-refractivity contribution < 1.29 is 4.79 Å². The maximum absolute atomic E-state index is 13.1. The largest absolute Gasteiger partial charge is 0.289 e. The first kappa shape index (κ1) is 18.5. The van der Waals surface area contributed by atoms with Crippen LogP contribution in [0.1, 0.15) is 15.9 Å². The normalized spacial score (nSPS) is 11.8. The maximum Gasteiger partial charge on any atom is 0.185 e. The van der Waals surface area contributed by atoms with E-state index in [1.165, 1.54) is 26.9 Å². The first-order valence-corrected chi connectivity index (χ1v) is 10.8. The van der Waals surface area contributed by atoms with Gasteiger partial charge in [-0.25, -0.2) is 0 Å². The van der Waals surface area contributed by atoms with Crippen LogP contribution < -0.4 is 0 Å². The van der Waals surface area contributed by atoms with Gasteiger partial charge in [-0.15, -0.1) is 0 Å². The Morgan fingerprint density at radius 2 is 1.03 bits per heavy atom. The van der Waals surface area contributed by atoms with Crippen molar-refractivity contribution in [3.05, 3.63) is 126 Å². The third-order valence-electron chi connectivity index (χ3n) is 6.24. The molecule has 0 aliphatic rings. The molecule has 6 rings (SSSR count). The highest BCUT2D eigenvalue weighted by Crippen LogP contribution is 2.30. The van der Waals surface area contributed by atoms with Gasteiger partial charge in [0, 0.05) is 5.56 Å². The topological polar surface area (TPSA) is 17.1 Å². The highest BCUT2D eigenvalue weighted by atomic mass is 16.1. The lowest BCUT2D eigenvalue weighted by Crippen LogP contribution is -1.94. The Morgan fingerprint density at radius 3 is 1.75 bits per heavy atom.